The van der Waals surface area contributed by atoms with Gasteiger partial charge in [-0.3, -0.25) is 0 Å². The Bertz CT molecular complexity index is 406. The van der Waals surface area contributed by atoms with Gasteiger partial charge in [0.05, 0.1) is 19.3 Å². The van der Waals surface area contributed by atoms with Crippen LogP contribution in [0.2, 0.25) is 0 Å². The lowest BCUT2D eigenvalue weighted by atomic mass is 10.1. The predicted octanol–water partition coefficient (Wildman–Crippen LogP) is 1.50. The average molecular weight is 249 g/mol. The van der Waals surface area contributed by atoms with Crippen LogP contribution in [0, 0.1) is 6.92 Å². The van der Waals surface area contributed by atoms with Gasteiger partial charge >= 0.3 is 0 Å². The summed E-state index contributed by atoms with van der Waals surface area (Å²) in [5.74, 6) is 1.08. The molecule has 0 spiro atoms. The Morgan fingerprint density at radius 1 is 1.61 bits per heavy atom. The molecular weight excluding hydrogens is 226 g/mol. The molecule has 4 nitrogen and oxygen atoms in total. The van der Waals surface area contributed by atoms with Gasteiger partial charge < -0.3 is 15.4 Å². The van der Waals surface area contributed by atoms with E-state index < -0.39 is 0 Å². The third-order valence-corrected chi connectivity index (χ3v) is 3.30. The lowest BCUT2D eigenvalue weighted by molar-refractivity contribution is 0.0985. The first-order chi connectivity index (χ1) is 8.58. The molecule has 0 saturated carbocycles. The number of anilines is 1. The van der Waals surface area contributed by atoms with Crippen LogP contribution in [0.5, 0.6) is 0 Å². The van der Waals surface area contributed by atoms with Gasteiger partial charge in [0, 0.05) is 18.8 Å². The Morgan fingerprint density at radius 3 is 3.00 bits per heavy atom. The highest BCUT2D eigenvalue weighted by Gasteiger charge is 2.21. The van der Waals surface area contributed by atoms with Crippen molar-refractivity contribution < 1.29 is 4.74 Å². The molecule has 0 aromatic carbocycles. The van der Waals surface area contributed by atoms with E-state index in [1.165, 1.54) is 11.1 Å². The fraction of sp³-hybridized carbons (Fsp3) is 0.643. The quantitative estimate of drug-likeness (QED) is 0.882. The molecule has 2 atom stereocenters. The van der Waals surface area contributed by atoms with Crippen LogP contribution in [0.3, 0.4) is 0 Å². The molecule has 1 aliphatic rings. The number of aryl methyl sites for hydroxylation is 1. The fourth-order valence-electron chi connectivity index (χ4n) is 2.45. The molecule has 1 saturated heterocycles. The number of ether oxygens (including phenoxy) is 1. The molecule has 1 aromatic heterocycles. The standard InChI is InChI=1S/C14H23N3O/c1-10-6-13(7-11(2)15)8-16-14(10)17-4-5-18-9-12(17)3/h6,8,11-12H,4-5,7,9,15H2,1-3H3. The predicted molar refractivity (Wildman–Crippen MR) is 74.0 cm³/mol. The van der Waals surface area contributed by atoms with E-state index in [4.69, 9.17) is 10.5 Å². The second-order valence-electron chi connectivity index (χ2n) is 5.28. The van der Waals surface area contributed by atoms with Crippen molar-refractivity contribution >= 4 is 5.82 Å². The number of nitrogens with zero attached hydrogens (tertiary/aromatic N) is 2. The van der Waals surface area contributed by atoms with Gasteiger partial charge in [-0.2, -0.15) is 0 Å². The van der Waals surface area contributed by atoms with Gasteiger partial charge in [-0.05, 0) is 38.3 Å². The lowest BCUT2D eigenvalue weighted by Crippen LogP contribution is -2.44. The van der Waals surface area contributed by atoms with Crippen molar-refractivity contribution in [1.82, 2.24) is 4.98 Å². The zero-order valence-electron chi connectivity index (χ0n) is 11.5. The number of hydrogen-bond acceptors (Lipinski definition) is 4. The second-order valence-corrected chi connectivity index (χ2v) is 5.28. The van der Waals surface area contributed by atoms with Gasteiger partial charge in [0.2, 0.25) is 0 Å². The molecule has 1 fully saturated rings. The van der Waals surface area contributed by atoms with Gasteiger partial charge in [-0.25, -0.2) is 4.98 Å². The molecule has 1 aliphatic heterocycles. The third kappa shape index (κ3) is 3.00. The first-order valence-corrected chi connectivity index (χ1v) is 6.63. The van der Waals surface area contributed by atoms with E-state index in [2.05, 4.69) is 29.8 Å². The van der Waals surface area contributed by atoms with Crippen LogP contribution >= 0.6 is 0 Å². The summed E-state index contributed by atoms with van der Waals surface area (Å²) in [6, 6.07) is 2.78. The number of morpholine rings is 1. The smallest absolute Gasteiger partial charge is 0.131 e. The van der Waals surface area contributed by atoms with Gasteiger partial charge in [0.1, 0.15) is 5.82 Å². The molecular formula is C14H23N3O. The van der Waals surface area contributed by atoms with E-state index in [1.807, 2.05) is 13.1 Å². The summed E-state index contributed by atoms with van der Waals surface area (Å²) in [6.07, 6.45) is 2.83. The molecule has 1 aromatic rings. The molecule has 0 amide bonds. The summed E-state index contributed by atoms with van der Waals surface area (Å²) in [6.45, 7) is 8.80. The van der Waals surface area contributed by atoms with E-state index >= 15 is 0 Å². The summed E-state index contributed by atoms with van der Waals surface area (Å²) in [4.78, 5) is 6.95. The highest BCUT2D eigenvalue weighted by molar-refractivity contribution is 5.48. The van der Waals surface area contributed by atoms with Crippen LogP contribution in [-0.2, 0) is 11.2 Å². The summed E-state index contributed by atoms with van der Waals surface area (Å²) in [5, 5.41) is 0. The number of aromatic nitrogens is 1. The molecule has 2 heterocycles. The van der Waals surface area contributed by atoms with Gasteiger partial charge in [0.15, 0.2) is 0 Å². The van der Waals surface area contributed by atoms with Crippen LogP contribution in [0.15, 0.2) is 12.3 Å². The van der Waals surface area contributed by atoms with E-state index in [-0.39, 0.29) is 6.04 Å². The van der Waals surface area contributed by atoms with Gasteiger partial charge in [0.25, 0.3) is 0 Å². The zero-order valence-corrected chi connectivity index (χ0v) is 11.5. The summed E-state index contributed by atoms with van der Waals surface area (Å²) in [7, 11) is 0. The minimum Gasteiger partial charge on any atom is -0.377 e. The van der Waals surface area contributed by atoms with Crippen molar-refractivity contribution in [3.63, 3.8) is 0 Å². The maximum Gasteiger partial charge on any atom is 0.131 e. The zero-order chi connectivity index (χ0) is 13.1. The van der Waals surface area contributed by atoms with Crippen molar-refractivity contribution in [2.24, 2.45) is 5.73 Å². The van der Waals surface area contributed by atoms with E-state index in [0.29, 0.717) is 6.04 Å². The Kier molecular flexibility index (Phi) is 4.19. The van der Waals surface area contributed by atoms with Crippen molar-refractivity contribution in [2.45, 2.75) is 39.3 Å². The number of rotatable bonds is 3. The Labute approximate surface area is 109 Å². The normalized spacial score (nSPS) is 22.0. The van der Waals surface area contributed by atoms with E-state index in [9.17, 15) is 0 Å². The van der Waals surface area contributed by atoms with Gasteiger partial charge in [-0.15, -0.1) is 0 Å². The third-order valence-electron chi connectivity index (χ3n) is 3.30. The molecule has 0 bridgehead atoms. The SMILES string of the molecule is Cc1cc(CC(C)N)cnc1N1CCOCC1C. The summed E-state index contributed by atoms with van der Waals surface area (Å²) < 4.78 is 5.46. The van der Waals surface area contributed by atoms with Crippen LogP contribution in [0.25, 0.3) is 0 Å². The molecule has 0 aliphatic carbocycles. The molecule has 0 radical (unpaired) electrons. The maximum absolute atomic E-state index is 5.82. The molecule has 18 heavy (non-hydrogen) atoms. The molecule has 2 rings (SSSR count). The van der Waals surface area contributed by atoms with E-state index in [1.54, 1.807) is 0 Å². The van der Waals surface area contributed by atoms with Crippen molar-refractivity contribution in [2.75, 3.05) is 24.7 Å². The first-order valence-electron chi connectivity index (χ1n) is 6.63. The average Bonchev–Trinajstić information content (AvgIpc) is 2.30. The number of hydrogen-bond donors (Lipinski definition) is 1. The maximum atomic E-state index is 5.82. The Hall–Kier alpha value is -1.13. The minimum atomic E-state index is 0.180. The van der Waals surface area contributed by atoms with Crippen molar-refractivity contribution in [1.29, 1.82) is 0 Å². The van der Waals surface area contributed by atoms with Gasteiger partial charge in [-0.1, -0.05) is 6.07 Å². The van der Waals surface area contributed by atoms with E-state index in [0.717, 1.165) is 32.0 Å². The van der Waals surface area contributed by atoms with Crippen molar-refractivity contribution in [3.05, 3.63) is 23.4 Å². The van der Waals surface area contributed by atoms with Crippen LogP contribution in [0.4, 0.5) is 5.82 Å². The highest BCUT2D eigenvalue weighted by Crippen LogP contribution is 2.22. The Morgan fingerprint density at radius 2 is 2.39 bits per heavy atom. The molecule has 100 valence electrons. The first kappa shape index (κ1) is 13.3. The highest BCUT2D eigenvalue weighted by atomic mass is 16.5. The van der Waals surface area contributed by atoms with Crippen LogP contribution in [-0.4, -0.2) is 36.8 Å². The monoisotopic (exact) mass is 249 g/mol. The van der Waals surface area contributed by atoms with Crippen LogP contribution in [0.1, 0.15) is 25.0 Å². The minimum absolute atomic E-state index is 0.180. The topological polar surface area (TPSA) is 51.4 Å². The molecule has 2 unspecified atom stereocenters. The Balaban J connectivity index is 2.18. The molecule has 4 heteroatoms. The fourth-order valence-corrected chi connectivity index (χ4v) is 2.45. The summed E-state index contributed by atoms with van der Waals surface area (Å²) >= 11 is 0. The van der Waals surface area contributed by atoms with Crippen LogP contribution < -0.4 is 10.6 Å². The number of nitrogens with two attached hydrogens (primary N) is 1. The summed E-state index contributed by atoms with van der Waals surface area (Å²) in [5.41, 5.74) is 8.26. The lowest BCUT2D eigenvalue weighted by Gasteiger charge is -2.35. The second kappa shape index (κ2) is 5.67. The largest absolute Gasteiger partial charge is 0.377 e. The molecule has 2 N–H and O–H groups in total. The van der Waals surface area contributed by atoms with Crippen molar-refractivity contribution in [3.8, 4) is 0 Å². The number of pyridine rings is 1.